The highest BCUT2D eigenvalue weighted by atomic mass is 16.6. The number of rotatable bonds is 9. The number of carbonyl (C=O) groups excluding carboxylic acids is 6. The van der Waals surface area contributed by atoms with Crippen molar-refractivity contribution in [2.24, 2.45) is 16.7 Å². The molecule has 3 aliphatic carbocycles. The number of aliphatic hydroxyl groups is 2. The number of fused-ring (bicyclic) bond motifs is 5. The molecule has 1 amide bonds. The van der Waals surface area contributed by atoms with Crippen molar-refractivity contribution in [1.29, 1.82) is 0 Å². The summed E-state index contributed by atoms with van der Waals surface area (Å²) in [6.07, 6.45) is -7.38. The number of nitrogens with one attached hydrogen (secondary N) is 1. The Bertz CT molecular complexity index is 1950. The van der Waals surface area contributed by atoms with Gasteiger partial charge in [0.05, 0.1) is 24.1 Å². The highest BCUT2D eigenvalue weighted by Crippen LogP contribution is 2.64. The minimum Gasteiger partial charge on any atom is -0.456 e. The Balaban J connectivity index is 1.55. The lowest BCUT2D eigenvalue weighted by Crippen LogP contribution is -2.79. The smallest absolute Gasteiger partial charge is 0.338 e. The SMILES string of the molecule is CC(=O)N[C@@H](c1ccccc1)[C@@H](O)C(=O)OC1C[C@@]2(O)[C@@H](OC(=O)c3ccccc3)[C@@H]3[C@]4(OC(C)=O)CO[C@@H]4CC[C@@]3(C)C(=O)[C@H](OC(C)=O)C(=C1C)C2(C)C. The molecule has 300 valence electrons. The number of aliphatic hydroxyl groups excluding tert-OH is 1. The normalized spacial score (nSPS) is 32.7. The molecule has 0 aromatic heterocycles. The lowest BCUT2D eigenvalue weighted by Gasteiger charge is -2.66. The van der Waals surface area contributed by atoms with Gasteiger partial charge in [-0.05, 0) is 48.6 Å². The van der Waals surface area contributed by atoms with Crippen molar-refractivity contribution >= 4 is 35.6 Å². The molecule has 0 spiro atoms. The van der Waals surface area contributed by atoms with E-state index in [1.165, 1.54) is 26.0 Å². The first kappa shape index (κ1) is 40.7. The van der Waals surface area contributed by atoms with Crippen LogP contribution in [0.15, 0.2) is 71.8 Å². The lowest BCUT2D eigenvalue weighted by molar-refractivity contribution is -0.332. The summed E-state index contributed by atoms with van der Waals surface area (Å²) in [5.74, 6) is -5.90. The molecule has 1 saturated heterocycles. The number of esters is 4. The third kappa shape index (κ3) is 6.71. The molecule has 1 heterocycles. The molecule has 3 N–H and O–H groups in total. The number of amides is 1. The molecule has 2 saturated carbocycles. The summed E-state index contributed by atoms with van der Waals surface area (Å²) in [7, 11) is 0. The Hall–Kier alpha value is -4.92. The Morgan fingerprint density at radius 3 is 2.07 bits per heavy atom. The highest BCUT2D eigenvalue weighted by molar-refractivity contribution is 5.95. The topological polar surface area (TPSA) is 201 Å². The first-order valence-electron chi connectivity index (χ1n) is 18.7. The average Bonchev–Trinajstić information content (AvgIpc) is 3.13. The second kappa shape index (κ2) is 14.9. The van der Waals surface area contributed by atoms with Gasteiger partial charge in [0.15, 0.2) is 23.6 Å². The van der Waals surface area contributed by atoms with Crippen LogP contribution in [-0.2, 0) is 47.7 Å². The number of Topliss-reactive ketones (excluding diaryl/α,β-unsaturated/α-hetero) is 1. The molecule has 6 rings (SSSR count). The summed E-state index contributed by atoms with van der Waals surface area (Å²) in [6.45, 7) is 9.85. The Labute approximate surface area is 324 Å². The summed E-state index contributed by atoms with van der Waals surface area (Å²) in [5, 5.41) is 27.6. The molecule has 1 unspecified atom stereocenters. The summed E-state index contributed by atoms with van der Waals surface area (Å²) in [6, 6.07) is 15.1. The predicted octanol–water partition coefficient (Wildman–Crippen LogP) is 3.47. The number of ketones is 1. The van der Waals surface area contributed by atoms with Crippen LogP contribution >= 0.6 is 0 Å². The van der Waals surface area contributed by atoms with Crippen LogP contribution in [0.25, 0.3) is 0 Å². The summed E-state index contributed by atoms with van der Waals surface area (Å²) in [4.78, 5) is 81.4. The summed E-state index contributed by atoms with van der Waals surface area (Å²) >= 11 is 0. The maximum Gasteiger partial charge on any atom is 0.338 e. The number of benzene rings is 2. The average molecular weight is 776 g/mol. The quantitative estimate of drug-likeness (QED) is 0.190. The van der Waals surface area contributed by atoms with Gasteiger partial charge in [0.1, 0.15) is 23.9 Å². The Morgan fingerprint density at radius 2 is 1.52 bits per heavy atom. The van der Waals surface area contributed by atoms with E-state index in [0.29, 0.717) is 5.56 Å². The molecule has 1 aliphatic heterocycles. The fraction of sp³-hybridized carbons (Fsp3) is 0.524. The standard InChI is InChI=1S/C42H49NO13/c1-22-28(54-38(50)32(47)31(43-23(2)44)26-14-10-8-11-15-26)20-42(51)36(55-37(49)27-16-12-9-13-17-27)34-40(7,19-18-29-41(34,21-52-29)56-25(4)46)35(48)33(53-24(3)45)30(22)39(42,5)6/h8-17,28-29,31-34,36,47,51H,18-21H2,1-7H3,(H,43,44)/t28?,29-,31+,32-,33-,34+,36+,40-,41+,42-/m1/s1. The van der Waals surface area contributed by atoms with E-state index in [1.54, 1.807) is 76.2 Å². The van der Waals surface area contributed by atoms with Gasteiger partial charge in [-0.2, -0.15) is 0 Å². The van der Waals surface area contributed by atoms with Crippen LogP contribution in [0.4, 0.5) is 0 Å². The molecule has 10 atom stereocenters. The van der Waals surface area contributed by atoms with Gasteiger partial charge in [0, 0.05) is 38.0 Å². The van der Waals surface area contributed by atoms with Gasteiger partial charge in [-0.1, -0.05) is 69.3 Å². The van der Waals surface area contributed by atoms with Crippen molar-refractivity contribution in [3.8, 4) is 0 Å². The van der Waals surface area contributed by atoms with Crippen LogP contribution in [0, 0.1) is 16.7 Å². The summed E-state index contributed by atoms with van der Waals surface area (Å²) < 4.78 is 30.3. The van der Waals surface area contributed by atoms with E-state index in [1.807, 2.05) is 0 Å². The maximum atomic E-state index is 15.3. The second-order valence-corrected chi connectivity index (χ2v) is 16.1. The van der Waals surface area contributed by atoms with E-state index in [0.717, 1.165) is 6.92 Å². The molecule has 14 heteroatoms. The van der Waals surface area contributed by atoms with Crippen molar-refractivity contribution in [3.05, 3.63) is 82.9 Å². The van der Waals surface area contributed by atoms with Crippen molar-refractivity contribution in [3.63, 3.8) is 0 Å². The first-order valence-corrected chi connectivity index (χ1v) is 18.7. The van der Waals surface area contributed by atoms with Crippen LogP contribution in [0.3, 0.4) is 0 Å². The number of carbonyl (C=O) groups is 6. The zero-order chi connectivity index (χ0) is 41.0. The zero-order valence-corrected chi connectivity index (χ0v) is 32.5. The van der Waals surface area contributed by atoms with Crippen LogP contribution in [0.5, 0.6) is 0 Å². The molecular formula is C42H49NO13. The van der Waals surface area contributed by atoms with E-state index in [9.17, 15) is 34.2 Å². The minimum atomic E-state index is -2.24. The zero-order valence-electron chi connectivity index (χ0n) is 32.5. The van der Waals surface area contributed by atoms with E-state index < -0.39 is 107 Å². The molecule has 14 nitrogen and oxygen atoms in total. The molecule has 0 radical (unpaired) electrons. The number of hydrogen-bond acceptors (Lipinski definition) is 13. The fourth-order valence-corrected chi connectivity index (χ4v) is 9.61. The van der Waals surface area contributed by atoms with Crippen LogP contribution in [0.1, 0.15) is 89.7 Å². The van der Waals surface area contributed by atoms with Crippen molar-refractivity contribution in [2.45, 2.75) is 115 Å². The largest absolute Gasteiger partial charge is 0.456 e. The van der Waals surface area contributed by atoms with Gasteiger partial charge < -0.3 is 39.2 Å². The third-order valence-electron chi connectivity index (χ3n) is 12.4. The van der Waals surface area contributed by atoms with Gasteiger partial charge in [0.25, 0.3) is 0 Å². The van der Waals surface area contributed by atoms with E-state index in [-0.39, 0.29) is 36.2 Å². The van der Waals surface area contributed by atoms with E-state index in [4.69, 9.17) is 23.7 Å². The van der Waals surface area contributed by atoms with Gasteiger partial charge in [0.2, 0.25) is 5.91 Å². The van der Waals surface area contributed by atoms with E-state index >= 15 is 4.79 Å². The number of ether oxygens (including phenoxy) is 5. The monoisotopic (exact) mass is 775 g/mol. The van der Waals surface area contributed by atoms with Crippen LogP contribution in [0.2, 0.25) is 0 Å². The van der Waals surface area contributed by atoms with Crippen LogP contribution in [-0.4, -0.2) is 94.1 Å². The molecule has 4 aliphatic rings. The summed E-state index contributed by atoms with van der Waals surface area (Å²) in [5.41, 5.74) is -5.98. The molecule has 2 aromatic rings. The molecule has 3 fully saturated rings. The minimum absolute atomic E-state index is 0.120. The van der Waals surface area contributed by atoms with Gasteiger partial charge in [-0.25, -0.2) is 9.59 Å². The molecular weight excluding hydrogens is 726 g/mol. The lowest BCUT2D eigenvalue weighted by atomic mass is 9.45. The van der Waals surface area contributed by atoms with Crippen molar-refractivity contribution in [1.82, 2.24) is 5.32 Å². The fourth-order valence-electron chi connectivity index (χ4n) is 9.61. The van der Waals surface area contributed by atoms with Crippen LogP contribution < -0.4 is 5.32 Å². The Kier molecular flexibility index (Phi) is 10.8. The molecule has 2 bridgehead atoms. The Morgan fingerprint density at radius 1 is 0.893 bits per heavy atom. The third-order valence-corrected chi connectivity index (χ3v) is 12.4. The predicted molar refractivity (Wildman–Crippen MR) is 196 cm³/mol. The molecule has 2 aromatic carbocycles. The van der Waals surface area contributed by atoms with Gasteiger partial charge >= 0.3 is 23.9 Å². The molecule has 56 heavy (non-hydrogen) atoms. The van der Waals surface area contributed by atoms with Crippen molar-refractivity contribution < 1.29 is 62.7 Å². The highest BCUT2D eigenvalue weighted by Gasteiger charge is 2.76. The van der Waals surface area contributed by atoms with Gasteiger partial charge in [-0.15, -0.1) is 0 Å². The van der Waals surface area contributed by atoms with E-state index in [2.05, 4.69) is 5.32 Å². The van der Waals surface area contributed by atoms with Crippen molar-refractivity contribution in [2.75, 3.05) is 6.61 Å². The maximum absolute atomic E-state index is 15.3. The van der Waals surface area contributed by atoms with Gasteiger partial charge in [-0.3, -0.25) is 19.2 Å². The number of hydrogen-bond donors (Lipinski definition) is 3. The second-order valence-electron chi connectivity index (χ2n) is 16.1. The first-order chi connectivity index (χ1) is 26.3.